The van der Waals surface area contributed by atoms with Crippen LogP contribution in [0.25, 0.3) is 11.0 Å². The highest BCUT2D eigenvalue weighted by Gasteiger charge is 2.14. The standard InChI is InChI=1S/C24H14BrCl2IN2O5/c25-16-7-15-8-20(35-21(15)19(28)9-16)23(31)30-29-10-13-5-17(26)22(18(27)6-13)34-11-12-1-3-14(4-2-12)24(32)33/h1-10H,11H2,(H,30,31)(H,32,33)/b29-10-. The maximum Gasteiger partial charge on any atom is 0.335 e. The highest BCUT2D eigenvalue weighted by Crippen LogP contribution is 2.34. The van der Waals surface area contributed by atoms with Crippen LogP contribution in [0.3, 0.4) is 0 Å². The summed E-state index contributed by atoms with van der Waals surface area (Å²) in [5.74, 6) is -1.10. The number of hydrogen-bond acceptors (Lipinski definition) is 5. The minimum Gasteiger partial charge on any atom is -0.486 e. The number of benzene rings is 3. The lowest BCUT2D eigenvalue weighted by molar-refractivity contribution is 0.0696. The van der Waals surface area contributed by atoms with Gasteiger partial charge in [0.1, 0.15) is 12.2 Å². The van der Waals surface area contributed by atoms with Gasteiger partial charge in [0, 0.05) is 9.86 Å². The van der Waals surface area contributed by atoms with Gasteiger partial charge in [-0.2, -0.15) is 5.10 Å². The third-order valence-corrected chi connectivity index (χ3v) is 6.56. The number of carbonyl (C=O) groups is 2. The van der Waals surface area contributed by atoms with Crippen molar-refractivity contribution in [1.29, 1.82) is 0 Å². The summed E-state index contributed by atoms with van der Waals surface area (Å²) in [5.41, 5.74) is 4.52. The van der Waals surface area contributed by atoms with Crippen molar-refractivity contribution < 1.29 is 23.8 Å². The van der Waals surface area contributed by atoms with E-state index in [1.54, 1.807) is 30.3 Å². The molecule has 0 bridgehead atoms. The molecular formula is C24H14BrCl2IN2O5. The van der Waals surface area contributed by atoms with Crippen molar-refractivity contribution in [2.45, 2.75) is 6.61 Å². The Labute approximate surface area is 231 Å². The Morgan fingerprint density at radius 1 is 1.11 bits per heavy atom. The number of hydrazone groups is 1. The van der Waals surface area contributed by atoms with E-state index in [0.717, 1.165) is 19.0 Å². The molecule has 0 atom stereocenters. The second-order valence-electron chi connectivity index (χ2n) is 7.22. The Balaban J connectivity index is 1.40. The maximum absolute atomic E-state index is 12.4. The fraction of sp³-hybridized carbons (Fsp3) is 0.0417. The Morgan fingerprint density at radius 3 is 2.46 bits per heavy atom. The van der Waals surface area contributed by atoms with Crippen LogP contribution < -0.4 is 10.2 Å². The van der Waals surface area contributed by atoms with Crippen LogP contribution in [0.2, 0.25) is 10.0 Å². The van der Waals surface area contributed by atoms with E-state index < -0.39 is 11.9 Å². The second kappa shape index (κ2) is 11.0. The van der Waals surface area contributed by atoms with Gasteiger partial charge in [-0.1, -0.05) is 51.3 Å². The highest BCUT2D eigenvalue weighted by atomic mass is 127. The number of fused-ring (bicyclic) bond motifs is 1. The van der Waals surface area contributed by atoms with Crippen molar-refractivity contribution >= 4 is 90.8 Å². The molecule has 1 amide bonds. The number of carboxylic acids is 1. The molecule has 3 aromatic carbocycles. The molecule has 4 aromatic rings. The first-order chi connectivity index (χ1) is 16.7. The van der Waals surface area contributed by atoms with Gasteiger partial charge in [0.05, 0.1) is 25.4 Å². The lowest BCUT2D eigenvalue weighted by Crippen LogP contribution is -2.16. The number of nitrogens with zero attached hydrogens (tertiary/aromatic N) is 1. The molecule has 0 saturated carbocycles. The maximum atomic E-state index is 12.4. The molecule has 1 heterocycles. The van der Waals surface area contributed by atoms with Crippen molar-refractivity contribution in [3.05, 3.63) is 95.1 Å². The number of rotatable bonds is 7. The number of carbonyl (C=O) groups excluding carboxylic acids is 1. The topological polar surface area (TPSA) is 101 Å². The Bertz CT molecular complexity index is 1450. The summed E-state index contributed by atoms with van der Waals surface area (Å²) in [4.78, 5) is 23.4. The molecule has 0 aliphatic rings. The number of ether oxygens (including phenoxy) is 1. The van der Waals surface area contributed by atoms with E-state index in [1.165, 1.54) is 18.3 Å². The third-order valence-electron chi connectivity index (χ3n) is 4.74. The van der Waals surface area contributed by atoms with Crippen molar-refractivity contribution in [1.82, 2.24) is 5.43 Å². The predicted octanol–water partition coefficient (Wildman–Crippen LogP) is 7.15. The fourth-order valence-corrected chi connectivity index (χ4v) is 5.37. The molecular weight excluding hydrogens is 674 g/mol. The summed E-state index contributed by atoms with van der Waals surface area (Å²) in [6, 6.07) is 14.9. The van der Waals surface area contributed by atoms with E-state index in [2.05, 4.69) is 49.0 Å². The molecule has 0 saturated heterocycles. The number of nitrogens with one attached hydrogen (secondary N) is 1. The Hall–Kier alpha value is -2.60. The zero-order chi connectivity index (χ0) is 25.1. The van der Waals surface area contributed by atoms with Crippen molar-refractivity contribution in [2.24, 2.45) is 5.10 Å². The SMILES string of the molecule is O=C(O)c1ccc(COc2c(Cl)cc(/C=N\NC(=O)c3cc4cc(Br)cc(I)c4o3)cc2Cl)cc1. The number of hydrogen-bond donors (Lipinski definition) is 2. The van der Waals surface area contributed by atoms with Crippen LogP contribution in [0.15, 0.2) is 68.6 Å². The molecule has 0 spiro atoms. The molecule has 0 aliphatic carbocycles. The van der Waals surface area contributed by atoms with Crippen LogP contribution in [-0.4, -0.2) is 23.2 Å². The number of aromatic carboxylic acids is 1. The van der Waals surface area contributed by atoms with Gasteiger partial charge in [0.25, 0.3) is 0 Å². The molecule has 0 radical (unpaired) electrons. The van der Waals surface area contributed by atoms with Crippen LogP contribution in [-0.2, 0) is 6.61 Å². The zero-order valence-corrected chi connectivity index (χ0v) is 22.8. The van der Waals surface area contributed by atoms with Crippen molar-refractivity contribution in [3.8, 4) is 5.75 Å². The van der Waals surface area contributed by atoms with Crippen LogP contribution in [0, 0.1) is 3.57 Å². The number of furan rings is 1. The van der Waals surface area contributed by atoms with Gasteiger partial charge in [0.15, 0.2) is 11.5 Å². The Morgan fingerprint density at radius 2 is 1.80 bits per heavy atom. The normalized spacial score (nSPS) is 11.2. The molecule has 2 N–H and O–H groups in total. The average molecular weight is 688 g/mol. The molecule has 7 nitrogen and oxygen atoms in total. The zero-order valence-electron chi connectivity index (χ0n) is 17.5. The van der Waals surface area contributed by atoms with E-state index in [-0.39, 0.29) is 33.7 Å². The van der Waals surface area contributed by atoms with Gasteiger partial charge >= 0.3 is 11.9 Å². The number of amides is 1. The highest BCUT2D eigenvalue weighted by molar-refractivity contribution is 14.1. The summed E-state index contributed by atoms with van der Waals surface area (Å²) in [7, 11) is 0. The molecule has 0 unspecified atom stereocenters. The molecule has 0 fully saturated rings. The molecule has 35 heavy (non-hydrogen) atoms. The van der Waals surface area contributed by atoms with E-state index in [4.69, 9.17) is 37.5 Å². The average Bonchev–Trinajstić information content (AvgIpc) is 3.23. The third kappa shape index (κ3) is 6.16. The smallest absolute Gasteiger partial charge is 0.335 e. The second-order valence-corrected chi connectivity index (χ2v) is 10.1. The molecule has 4 rings (SSSR count). The van der Waals surface area contributed by atoms with Gasteiger partial charge in [0.2, 0.25) is 0 Å². The first-order valence-corrected chi connectivity index (χ1v) is 12.5. The first-order valence-electron chi connectivity index (χ1n) is 9.87. The predicted molar refractivity (Wildman–Crippen MR) is 146 cm³/mol. The van der Waals surface area contributed by atoms with E-state index >= 15 is 0 Å². The molecule has 178 valence electrons. The van der Waals surface area contributed by atoms with Gasteiger partial charge in [-0.15, -0.1) is 0 Å². The summed E-state index contributed by atoms with van der Waals surface area (Å²) in [6.07, 6.45) is 1.40. The minimum absolute atomic E-state index is 0.129. The van der Waals surface area contributed by atoms with E-state index in [9.17, 15) is 9.59 Å². The monoisotopic (exact) mass is 686 g/mol. The van der Waals surface area contributed by atoms with Crippen LogP contribution in [0.5, 0.6) is 5.75 Å². The molecule has 11 heteroatoms. The van der Waals surface area contributed by atoms with Crippen LogP contribution in [0.1, 0.15) is 32.0 Å². The number of halogens is 4. The molecule has 0 aliphatic heterocycles. The van der Waals surface area contributed by atoms with Crippen molar-refractivity contribution in [2.75, 3.05) is 0 Å². The minimum atomic E-state index is -1.00. The Kier molecular flexibility index (Phi) is 8.00. The van der Waals surface area contributed by atoms with E-state index in [0.29, 0.717) is 11.1 Å². The summed E-state index contributed by atoms with van der Waals surface area (Å²) >= 11 is 18.2. The summed E-state index contributed by atoms with van der Waals surface area (Å²) in [5, 5.41) is 14.2. The van der Waals surface area contributed by atoms with E-state index in [1.807, 2.05) is 12.1 Å². The quantitative estimate of drug-likeness (QED) is 0.122. The first kappa shape index (κ1) is 25.5. The van der Waals surface area contributed by atoms with Gasteiger partial charge in [-0.25, -0.2) is 10.2 Å². The van der Waals surface area contributed by atoms with Crippen LogP contribution in [0.4, 0.5) is 0 Å². The lowest BCUT2D eigenvalue weighted by atomic mass is 10.1. The lowest BCUT2D eigenvalue weighted by Gasteiger charge is -2.11. The number of carboxylic acid groups (broad SMARTS) is 1. The van der Waals surface area contributed by atoms with Gasteiger partial charge < -0.3 is 14.3 Å². The van der Waals surface area contributed by atoms with Gasteiger partial charge in [-0.05, 0) is 76.2 Å². The van der Waals surface area contributed by atoms with Crippen molar-refractivity contribution in [3.63, 3.8) is 0 Å². The summed E-state index contributed by atoms with van der Waals surface area (Å²) in [6.45, 7) is 0.149. The summed E-state index contributed by atoms with van der Waals surface area (Å²) < 4.78 is 13.1. The van der Waals surface area contributed by atoms with Gasteiger partial charge in [-0.3, -0.25) is 4.79 Å². The fourth-order valence-electron chi connectivity index (χ4n) is 3.10. The largest absolute Gasteiger partial charge is 0.486 e. The molecule has 1 aromatic heterocycles. The van der Waals surface area contributed by atoms with Crippen LogP contribution >= 0.6 is 61.7 Å².